The molecule has 0 aliphatic rings. The van der Waals surface area contributed by atoms with E-state index >= 15 is 8.78 Å². The van der Waals surface area contributed by atoms with Crippen molar-refractivity contribution in [2.45, 2.75) is 89.9 Å². The molecule has 0 spiro atoms. The van der Waals surface area contributed by atoms with Gasteiger partial charge in [-0.05, 0) is 72.9 Å². The Labute approximate surface area is 267 Å². The second kappa shape index (κ2) is 17.5. The fourth-order valence-electron chi connectivity index (χ4n) is 4.73. The molecular weight excluding hydrogens is 602 g/mol. The minimum atomic E-state index is -3.16. The van der Waals surface area contributed by atoms with Crippen molar-refractivity contribution in [3.63, 3.8) is 0 Å². The summed E-state index contributed by atoms with van der Waals surface area (Å²) in [5, 5.41) is 23.8. The van der Waals surface area contributed by atoms with Crippen LogP contribution in [-0.2, 0) is 36.8 Å². The van der Waals surface area contributed by atoms with E-state index in [1.807, 2.05) is 27.7 Å². The number of hydrogen-bond acceptors (Lipinski definition) is 9. The van der Waals surface area contributed by atoms with Crippen molar-refractivity contribution < 1.29 is 43.0 Å². The Balaban J connectivity index is 2.31. The number of phenols is 2. The Kier molecular flexibility index (Phi) is 14.4. The van der Waals surface area contributed by atoms with Crippen LogP contribution in [0.3, 0.4) is 0 Å². The highest BCUT2D eigenvalue weighted by atomic mass is 19.1. The highest BCUT2D eigenvalue weighted by Gasteiger charge is 2.42. The summed E-state index contributed by atoms with van der Waals surface area (Å²) < 4.78 is 31.0. The molecule has 11 nitrogen and oxygen atoms in total. The fraction of sp³-hybridized carbons (Fsp3) is 0.485. The van der Waals surface area contributed by atoms with E-state index in [4.69, 9.17) is 11.5 Å². The van der Waals surface area contributed by atoms with Gasteiger partial charge in [-0.1, -0.05) is 52.0 Å². The lowest BCUT2D eigenvalue weighted by Crippen LogP contribution is -2.55. The molecule has 0 bridgehead atoms. The number of carbonyl (C=O) groups is 5. The lowest BCUT2D eigenvalue weighted by atomic mass is 9.92. The van der Waals surface area contributed by atoms with Crippen LogP contribution in [0, 0.1) is 11.8 Å². The highest BCUT2D eigenvalue weighted by molar-refractivity contribution is 6.18. The number of carbonyl (C=O) groups excluding carboxylic acids is 5. The van der Waals surface area contributed by atoms with Crippen molar-refractivity contribution in [1.82, 2.24) is 10.6 Å². The molecule has 2 unspecified atom stereocenters. The standard InChI is InChI=1S/C33H44F2N4O7/c1-17(2)13-23(36)32(45)38-25(15-19-5-9-21(40)10-6-19)29(42)27(34)31(44)28(35)30(43)26(16-20-7-11-22(41)12-8-20)39-33(46)24(37)14-18(3)4/h5-12,17-18,23-28,40-41H,13-16,36-37H2,1-4H3,(H,38,45)(H,39,46)/t23-,24-,25-,26-,27?,28?/m0/s1. The third kappa shape index (κ3) is 11.6. The van der Waals surface area contributed by atoms with Crippen LogP contribution in [0.5, 0.6) is 11.5 Å². The SMILES string of the molecule is CC(C)C[C@H](N)C(=O)N[C@@H](Cc1ccc(O)cc1)C(=O)C(F)C(=O)C(F)C(=O)[C@H](Cc1ccc(O)cc1)NC(=O)[C@@H](N)CC(C)C. The largest absolute Gasteiger partial charge is 0.508 e. The highest BCUT2D eigenvalue weighted by Crippen LogP contribution is 2.18. The van der Waals surface area contributed by atoms with E-state index in [0.29, 0.717) is 11.1 Å². The van der Waals surface area contributed by atoms with Crippen LogP contribution in [0.15, 0.2) is 48.5 Å². The number of Topliss-reactive ketones (excluding diaryl/α,β-unsaturated/α-hetero) is 3. The van der Waals surface area contributed by atoms with Crippen molar-refractivity contribution in [1.29, 1.82) is 0 Å². The Morgan fingerprint density at radius 2 is 0.913 bits per heavy atom. The van der Waals surface area contributed by atoms with E-state index in [2.05, 4.69) is 10.6 Å². The maximum atomic E-state index is 15.5. The Hall–Kier alpha value is -4.23. The summed E-state index contributed by atoms with van der Waals surface area (Å²) in [5.41, 5.74) is 12.6. The predicted octanol–water partition coefficient (Wildman–Crippen LogP) is 1.98. The van der Waals surface area contributed by atoms with Crippen LogP contribution in [-0.4, -0.2) is 75.9 Å². The van der Waals surface area contributed by atoms with Crippen molar-refractivity contribution >= 4 is 29.2 Å². The summed E-state index contributed by atoms with van der Waals surface area (Å²) in [6.07, 6.45) is -6.50. The maximum Gasteiger partial charge on any atom is 0.237 e. The van der Waals surface area contributed by atoms with Gasteiger partial charge < -0.3 is 32.3 Å². The van der Waals surface area contributed by atoms with Gasteiger partial charge in [0, 0.05) is 0 Å². The molecule has 8 N–H and O–H groups in total. The number of amides is 2. The number of nitrogens with one attached hydrogen (secondary N) is 2. The first-order valence-electron chi connectivity index (χ1n) is 15.1. The van der Waals surface area contributed by atoms with Gasteiger partial charge in [0.15, 0.2) is 11.6 Å². The zero-order chi connectivity index (χ0) is 34.7. The third-order valence-corrected chi connectivity index (χ3v) is 7.20. The van der Waals surface area contributed by atoms with E-state index in [9.17, 15) is 34.2 Å². The molecule has 2 amide bonds. The number of alkyl halides is 2. The molecule has 46 heavy (non-hydrogen) atoms. The van der Waals surface area contributed by atoms with E-state index in [1.54, 1.807) is 0 Å². The van der Waals surface area contributed by atoms with Gasteiger partial charge in [0.25, 0.3) is 0 Å². The lowest BCUT2D eigenvalue weighted by Gasteiger charge is -2.24. The zero-order valence-corrected chi connectivity index (χ0v) is 26.4. The van der Waals surface area contributed by atoms with E-state index in [-0.39, 0.29) is 49.0 Å². The zero-order valence-electron chi connectivity index (χ0n) is 26.4. The average Bonchev–Trinajstić information content (AvgIpc) is 2.99. The van der Waals surface area contributed by atoms with Gasteiger partial charge in [-0.3, -0.25) is 24.0 Å². The molecule has 2 aromatic rings. The summed E-state index contributed by atoms with van der Waals surface area (Å²) in [5.74, 6) is -6.76. The number of aromatic hydroxyl groups is 2. The Morgan fingerprint density at radius 3 is 1.20 bits per heavy atom. The normalized spacial score (nSPS) is 15.3. The van der Waals surface area contributed by atoms with Crippen LogP contribution in [0.4, 0.5) is 8.78 Å². The average molecular weight is 647 g/mol. The summed E-state index contributed by atoms with van der Waals surface area (Å²) in [7, 11) is 0. The van der Waals surface area contributed by atoms with Crippen molar-refractivity contribution in [3.8, 4) is 11.5 Å². The first kappa shape index (κ1) is 38.0. The second-order valence-electron chi connectivity index (χ2n) is 12.3. The number of phenolic OH excluding ortho intramolecular Hbond substituents is 2. The van der Waals surface area contributed by atoms with E-state index in [0.717, 1.165) is 0 Å². The number of benzene rings is 2. The number of rotatable bonds is 18. The number of halogens is 2. The van der Waals surface area contributed by atoms with Crippen LogP contribution in [0.2, 0.25) is 0 Å². The lowest BCUT2D eigenvalue weighted by molar-refractivity contribution is -0.144. The fourth-order valence-corrected chi connectivity index (χ4v) is 4.73. The van der Waals surface area contributed by atoms with Crippen molar-refractivity contribution in [2.75, 3.05) is 0 Å². The van der Waals surface area contributed by atoms with Crippen LogP contribution >= 0.6 is 0 Å². The molecule has 0 aromatic heterocycles. The van der Waals surface area contributed by atoms with Crippen LogP contribution in [0.1, 0.15) is 51.7 Å². The van der Waals surface area contributed by atoms with Crippen LogP contribution < -0.4 is 22.1 Å². The quantitative estimate of drug-likeness (QED) is 0.131. The van der Waals surface area contributed by atoms with E-state index < -0.39 is 65.7 Å². The van der Waals surface area contributed by atoms with E-state index in [1.165, 1.54) is 48.5 Å². The predicted molar refractivity (Wildman–Crippen MR) is 167 cm³/mol. The molecule has 0 saturated carbocycles. The number of hydrogen-bond donors (Lipinski definition) is 6. The summed E-state index contributed by atoms with van der Waals surface area (Å²) >= 11 is 0. The molecule has 0 aliphatic heterocycles. The van der Waals surface area contributed by atoms with Gasteiger partial charge in [0.05, 0.1) is 24.2 Å². The molecule has 0 heterocycles. The smallest absolute Gasteiger partial charge is 0.237 e. The van der Waals surface area contributed by atoms with Crippen molar-refractivity contribution in [2.24, 2.45) is 23.3 Å². The van der Waals surface area contributed by atoms with Crippen molar-refractivity contribution in [3.05, 3.63) is 59.7 Å². The van der Waals surface area contributed by atoms with Gasteiger partial charge >= 0.3 is 0 Å². The molecule has 0 fully saturated rings. The molecule has 2 rings (SSSR count). The van der Waals surface area contributed by atoms with Gasteiger partial charge in [0.2, 0.25) is 29.9 Å². The van der Waals surface area contributed by atoms with Gasteiger partial charge in [0.1, 0.15) is 11.5 Å². The summed E-state index contributed by atoms with van der Waals surface area (Å²) in [4.78, 5) is 64.9. The molecule has 0 radical (unpaired) electrons. The van der Waals surface area contributed by atoms with Gasteiger partial charge in [-0.15, -0.1) is 0 Å². The monoisotopic (exact) mass is 646 g/mol. The summed E-state index contributed by atoms with van der Waals surface area (Å²) in [6.45, 7) is 7.26. The molecule has 0 aliphatic carbocycles. The Morgan fingerprint density at radius 1 is 0.609 bits per heavy atom. The molecule has 0 saturated heterocycles. The minimum Gasteiger partial charge on any atom is -0.508 e. The van der Waals surface area contributed by atoms with Crippen LogP contribution in [0.25, 0.3) is 0 Å². The molecule has 252 valence electrons. The minimum absolute atomic E-state index is 0.00995. The number of nitrogens with two attached hydrogens (primary N) is 2. The Bertz CT molecular complexity index is 1250. The van der Waals surface area contributed by atoms with Gasteiger partial charge in [-0.2, -0.15) is 0 Å². The second-order valence-corrected chi connectivity index (χ2v) is 12.3. The number of ketones is 3. The van der Waals surface area contributed by atoms with Gasteiger partial charge in [-0.25, -0.2) is 8.78 Å². The topological polar surface area (TPSA) is 202 Å². The molecule has 6 atom stereocenters. The molecule has 2 aromatic carbocycles. The first-order valence-corrected chi connectivity index (χ1v) is 15.1. The third-order valence-electron chi connectivity index (χ3n) is 7.20. The maximum absolute atomic E-state index is 15.5. The first-order chi connectivity index (χ1) is 21.5. The summed E-state index contributed by atoms with van der Waals surface area (Å²) in [6, 6.07) is 5.37. The molecular formula is C33H44F2N4O7. The molecule has 13 heteroatoms.